The van der Waals surface area contributed by atoms with Gasteiger partial charge in [-0.05, 0) is 38.8 Å². The number of ether oxygens (including phenoxy) is 1. The van der Waals surface area contributed by atoms with Crippen LogP contribution in [0.15, 0.2) is 29.2 Å². The number of benzene rings is 1. The Bertz CT molecular complexity index is 593. The highest BCUT2D eigenvalue weighted by Gasteiger charge is 2.42. The molecule has 0 radical (unpaired) electrons. The quantitative estimate of drug-likeness (QED) is 0.818. The van der Waals surface area contributed by atoms with Gasteiger partial charge < -0.3 is 4.74 Å². The van der Waals surface area contributed by atoms with Gasteiger partial charge in [0.05, 0.1) is 11.5 Å². The maximum absolute atomic E-state index is 12.5. The SMILES string of the molecule is CCOC(=O)C(C)(NS(=O)(=O)c1ccc(C)cc1)C(C)C. The van der Waals surface area contributed by atoms with Crippen molar-refractivity contribution in [2.75, 3.05) is 6.61 Å². The fourth-order valence-electron chi connectivity index (χ4n) is 1.73. The van der Waals surface area contributed by atoms with Crippen LogP contribution in [0, 0.1) is 12.8 Å². The Morgan fingerprint density at radius 2 is 1.81 bits per heavy atom. The van der Waals surface area contributed by atoms with Crippen molar-refractivity contribution < 1.29 is 17.9 Å². The third-order valence-electron chi connectivity index (χ3n) is 3.53. The molecular weight excluding hydrogens is 290 g/mol. The van der Waals surface area contributed by atoms with Crippen LogP contribution < -0.4 is 4.72 Å². The second kappa shape index (κ2) is 6.58. The molecule has 1 atom stereocenters. The van der Waals surface area contributed by atoms with Crippen molar-refractivity contribution in [1.29, 1.82) is 0 Å². The van der Waals surface area contributed by atoms with E-state index >= 15 is 0 Å². The van der Waals surface area contributed by atoms with Crippen molar-refractivity contribution >= 4 is 16.0 Å². The summed E-state index contributed by atoms with van der Waals surface area (Å²) >= 11 is 0. The van der Waals surface area contributed by atoms with Gasteiger partial charge in [-0.1, -0.05) is 31.5 Å². The number of nitrogens with one attached hydrogen (secondary N) is 1. The van der Waals surface area contributed by atoms with E-state index in [1.807, 2.05) is 6.92 Å². The van der Waals surface area contributed by atoms with Crippen LogP contribution in [0.2, 0.25) is 0 Å². The van der Waals surface area contributed by atoms with E-state index in [0.717, 1.165) is 5.56 Å². The Balaban J connectivity index is 3.13. The van der Waals surface area contributed by atoms with Gasteiger partial charge in [-0.2, -0.15) is 4.72 Å². The molecule has 118 valence electrons. The van der Waals surface area contributed by atoms with Gasteiger partial charge in [0.2, 0.25) is 10.0 Å². The molecule has 0 bridgehead atoms. The van der Waals surface area contributed by atoms with Crippen molar-refractivity contribution in [3.05, 3.63) is 29.8 Å². The van der Waals surface area contributed by atoms with Crippen LogP contribution in [0.4, 0.5) is 0 Å². The lowest BCUT2D eigenvalue weighted by Gasteiger charge is -2.31. The average molecular weight is 313 g/mol. The van der Waals surface area contributed by atoms with Crippen molar-refractivity contribution in [1.82, 2.24) is 4.72 Å². The summed E-state index contributed by atoms with van der Waals surface area (Å²) in [4.78, 5) is 12.2. The molecule has 0 saturated heterocycles. The Labute approximate surface area is 126 Å². The first-order valence-corrected chi connectivity index (χ1v) is 8.39. The minimum atomic E-state index is -3.79. The Hall–Kier alpha value is -1.40. The smallest absolute Gasteiger partial charge is 0.327 e. The minimum absolute atomic E-state index is 0.129. The van der Waals surface area contributed by atoms with Gasteiger partial charge in [-0.25, -0.2) is 8.42 Å². The van der Waals surface area contributed by atoms with E-state index in [-0.39, 0.29) is 17.4 Å². The fraction of sp³-hybridized carbons (Fsp3) is 0.533. The van der Waals surface area contributed by atoms with Crippen LogP contribution in [0.5, 0.6) is 0 Å². The molecule has 0 spiro atoms. The molecule has 1 N–H and O–H groups in total. The van der Waals surface area contributed by atoms with Crippen LogP contribution in [0.1, 0.15) is 33.3 Å². The standard InChI is InChI=1S/C15H23NO4S/c1-6-20-14(17)15(5,11(2)3)16-21(18,19)13-9-7-12(4)8-10-13/h7-11,16H,6H2,1-5H3. The van der Waals surface area contributed by atoms with Crippen LogP contribution in [0.25, 0.3) is 0 Å². The second-order valence-corrected chi connectivity index (χ2v) is 7.18. The highest BCUT2D eigenvalue weighted by atomic mass is 32.2. The Morgan fingerprint density at radius 3 is 2.24 bits per heavy atom. The lowest BCUT2D eigenvalue weighted by atomic mass is 9.90. The van der Waals surface area contributed by atoms with Gasteiger partial charge in [-0.15, -0.1) is 0 Å². The molecule has 5 nitrogen and oxygen atoms in total. The number of sulfonamides is 1. The van der Waals surface area contributed by atoms with Crippen LogP contribution in [0.3, 0.4) is 0 Å². The highest BCUT2D eigenvalue weighted by molar-refractivity contribution is 7.89. The summed E-state index contributed by atoms with van der Waals surface area (Å²) in [6.45, 7) is 8.85. The molecule has 6 heteroatoms. The van der Waals surface area contributed by atoms with Crippen molar-refractivity contribution in [3.8, 4) is 0 Å². The molecule has 1 rings (SSSR count). The molecule has 0 aliphatic heterocycles. The molecule has 0 aliphatic rings. The number of hydrogen-bond acceptors (Lipinski definition) is 4. The topological polar surface area (TPSA) is 72.5 Å². The van der Waals surface area contributed by atoms with Crippen LogP contribution >= 0.6 is 0 Å². The van der Waals surface area contributed by atoms with Gasteiger partial charge >= 0.3 is 5.97 Å². The van der Waals surface area contributed by atoms with Gasteiger partial charge in [0.25, 0.3) is 0 Å². The van der Waals surface area contributed by atoms with Crippen LogP contribution in [-0.2, 0) is 19.6 Å². The fourth-order valence-corrected chi connectivity index (χ4v) is 3.22. The number of rotatable bonds is 6. The maximum Gasteiger partial charge on any atom is 0.327 e. The Kier molecular flexibility index (Phi) is 5.53. The van der Waals surface area contributed by atoms with E-state index in [0.29, 0.717) is 0 Å². The Morgan fingerprint density at radius 1 is 1.29 bits per heavy atom. The van der Waals surface area contributed by atoms with Crippen molar-refractivity contribution in [3.63, 3.8) is 0 Å². The summed E-state index contributed by atoms with van der Waals surface area (Å²) in [7, 11) is -3.79. The predicted octanol–water partition coefficient (Wildman–Crippen LogP) is 2.25. The zero-order valence-corrected chi connectivity index (χ0v) is 14.0. The third-order valence-corrected chi connectivity index (χ3v) is 5.12. The van der Waals surface area contributed by atoms with E-state index in [1.54, 1.807) is 39.8 Å². The van der Waals surface area contributed by atoms with E-state index in [1.165, 1.54) is 12.1 Å². The molecule has 1 aromatic carbocycles. The maximum atomic E-state index is 12.5. The first kappa shape index (κ1) is 17.7. The zero-order chi connectivity index (χ0) is 16.3. The summed E-state index contributed by atoms with van der Waals surface area (Å²) in [6, 6.07) is 6.46. The van der Waals surface area contributed by atoms with Gasteiger partial charge in [0.1, 0.15) is 5.54 Å². The first-order valence-electron chi connectivity index (χ1n) is 6.91. The molecule has 0 aromatic heterocycles. The number of aryl methyl sites for hydroxylation is 1. The summed E-state index contributed by atoms with van der Waals surface area (Å²) in [6.07, 6.45) is 0. The van der Waals surface area contributed by atoms with Gasteiger partial charge in [-0.3, -0.25) is 4.79 Å². The molecule has 0 heterocycles. The lowest BCUT2D eigenvalue weighted by Crippen LogP contribution is -2.56. The summed E-state index contributed by atoms with van der Waals surface area (Å²) in [5, 5.41) is 0. The minimum Gasteiger partial charge on any atom is -0.465 e. The number of hydrogen-bond donors (Lipinski definition) is 1. The third kappa shape index (κ3) is 4.04. The largest absolute Gasteiger partial charge is 0.465 e. The van der Waals surface area contributed by atoms with E-state index in [9.17, 15) is 13.2 Å². The average Bonchev–Trinajstić information content (AvgIpc) is 2.38. The van der Waals surface area contributed by atoms with E-state index in [2.05, 4.69) is 4.72 Å². The number of carbonyl (C=O) groups excluding carboxylic acids is 1. The molecule has 0 fully saturated rings. The molecule has 1 unspecified atom stereocenters. The van der Waals surface area contributed by atoms with E-state index < -0.39 is 21.5 Å². The lowest BCUT2D eigenvalue weighted by molar-refractivity contribution is -0.151. The zero-order valence-electron chi connectivity index (χ0n) is 13.1. The van der Waals surface area contributed by atoms with Gasteiger partial charge in [0, 0.05) is 0 Å². The number of esters is 1. The summed E-state index contributed by atoms with van der Waals surface area (Å²) in [5.74, 6) is -0.826. The first-order chi connectivity index (χ1) is 9.63. The molecule has 0 aliphatic carbocycles. The molecular formula is C15H23NO4S. The summed E-state index contributed by atoms with van der Waals surface area (Å²) in [5.41, 5.74) is -0.342. The highest BCUT2D eigenvalue weighted by Crippen LogP contribution is 2.22. The second-order valence-electron chi connectivity index (χ2n) is 5.50. The monoisotopic (exact) mass is 313 g/mol. The molecule has 0 amide bonds. The van der Waals surface area contributed by atoms with E-state index in [4.69, 9.17) is 4.74 Å². The predicted molar refractivity (Wildman–Crippen MR) is 81.4 cm³/mol. The van der Waals surface area contributed by atoms with Crippen LogP contribution in [-0.4, -0.2) is 26.5 Å². The molecule has 1 aromatic rings. The normalized spacial score (nSPS) is 14.8. The van der Waals surface area contributed by atoms with Gasteiger partial charge in [0.15, 0.2) is 0 Å². The van der Waals surface area contributed by atoms with Crippen molar-refractivity contribution in [2.45, 2.75) is 45.1 Å². The molecule has 21 heavy (non-hydrogen) atoms. The van der Waals surface area contributed by atoms with Crippen molar-refractivity contribution in [2.24, 2.45) is 5.92 Å². The summed E-state index contributed by atoms with van der Waals surface area (Å²) < 4.78 is 32.4. The molecule has 0 saturated carbocycles. The number of carbonyl (C=O) groups is 1.